The molecule has 0 aromatic heterocycles. The molecule has 1 saturated carbocycles. The molecule has 1 aliphatic rings. The van der Waals surface area contributed by atoms with Crippen LogP contribution in [-0.4, -0.2) is 11.7 Å². The molecule has 1 unspecified atom stereocenters. The number of hydrogen-bond donors (Lipinski definition) is 2. The highest BCUT2D eigenvalue weighted by Crippen LogP contribution is 2.21. The number of nitrogens with zero attached hydrogens (tertiary/aromatic N) is 2. The number of hydrazone groups is 1. The molecule has 5 heteroatoms. The van der Waals surface area contributed by atoms with Crippen molar-refractivity contribution >= 4 is 11.7 Å². The summed E-state index contributed by atoms with van der Waals surface area (Å²) in [7, 11) is 0. The molecule has 0 aromatic rings. The Morgan fingerprint density at radius 2 is 2.58 bits per heavy atom. The van der Waals surface area contributed by atoms with Crippen molar-refractivity contribution in [2.45, 2.75) is 19.3 Å². The van der Waals surface area contributed by atoms with Gasteiger partial charge >= 0.3 is 6.03 Å². The van der Waals surface area contributed by atoms with Crippen molar-refractivity contribution in [3.05, 3.63) is 0 Å². The largest absolute Gasteiger partial charge is 0.350 e. The van der Waals surface area contributed by atoms with Gasteiger partial charge in [0.05, 0.1) is 17.7 Å². The molecule has 1 rings (SSSR count). The van der Waals surface area contributed by atoms with E-state index in [1.54, 1.807) is 0 Å². The third kappa shape index (κ3) is 1.95. The van der Waals surface area contributed by atoms with Gasteiger partial charge in [-0.1, -0.05) is 0 Å². The monoisotopic (exact) mass is 166 g/mol. The van der Waals surface area contributed by atoms with E-state index in [1.807, 2.05) is 0 Å². The van der Waals surface area contributed by atoms with Gasteiger partial charge in [0.2, 0.25) is 0 Å². The summed E-state index contributed by atoms with van der Waals surface area (Å²) in [4.78, 5) is 10.3. The molecule has 0 saturated heterocycles. The summed E-state index contributed by atoms with van der Waals surface area (Å²) in [6.45, 7) is 0. The molecule has 2 amide bonds. The molecule has 3 N–H and O–H groups in total. The van der Waals surface area contributed by atoms with Crippen LogP contribution in [0.1, 0.15) is 19.3 Å². The number of nitrogens with two attached hydrogens (primary N) is 1. The van der Waals surface area contributed by atoms with Crippen molar-refractivity contribution in [3.8, 4) is 6.07 Å². The van der Waals surface area contributed by atoms with Gasteiger partial charge in [0.25, 0.3) is 0 Å². The molecular weight excluding hydrogens is 156 g/mol. The summed E-state index contributed by atoms with van der Waals surface area (Å²) in [5.74, 6) is -0.142. The van der Waals surface area contributed by atoms with Gasteiger partial charge in [-0.3, -0.25) is 0 Å². The lowest BCUT2D eigenvalue weighted by molar-refractivity contribution is 0.249. The topological polar surface area (TPSA) is 91.3 Å². The standard InChI is InChI=1S/C7H10N4O/c8-4-5-2-1-3-6(5)10-11-7(9)12/h5H,1-3H2,(H3,9,11,12). The van der Waals surface area contributed by atoms with E-state index >= 15 is 0 Å². The molecule has 0 heterocycles. The molecule has 0 aliphatic heterocycles. The van der Waals surface area contributed by atoms with Gasteiger partial charge in [0, 0.05) is 0 Å². The molecule has 64 valence electrons. The maximum Gasteiger partial charge on any atom is 0.332 e. The van der Waals surface area contributed by atoms with Crippen LogP contribution < -0.4 is 11.2 Å². The Hall–Kier alpha value is -1.57. The van der Waals surface area contributed by atoms with Crippen LogP contribution >= 0.6 is 0 Å². The summed E-state index contributed by atoms with van der Waals surface area (Å²) >= 11 is 0. The van der Waals surface area contributed by atoms with Crippen molar-refractivity contribution in [2.75, 3.05) is 0 Å². The number of nitrogens with one attached hydrogen (secondary N) is 1. The van der Waals surface area contributed by atoms with Gasteiger partial charge in [0.1, 0.15) is 0 Å². The highest BCUT2D eigenvalue weighted by atomic mass is 16.2. The molecule has 0 spiro atoms. The van der Waals surface area contributed by atoms with Crippen molar-refractivity contribution in [3.63, 3.8) is 0 Å². The third-order valence-electron chi connectivity index (χ3n) is 1.79. The van der Waals surface area contributed by atoms with Crippen LogP contribution in [0.4, 0.5) is 4.79 Å². The lowest BCUT2D eigenvalue weighted by Gasteiger charge is -1.99. The maximum absolute atomic E-state index is 10.3. The van der Waals surface area contributed by atoms with E-state index in [9.17, 15) is 4.79 Å². The Labute approximate surface area is 70.2 Å². The molecule has 0 bridgehead atoms. The van der Waals surface area contributed by atoms with Crippen molar-refractivity contribution in [1.29, 1.82) is 5.26 Å². The number of carbonyl (C=O) groups is 1. The Morgan fingerprint density at radius 1 is 1.83 bits per heavy atom. The SMILES string of the molecule is N#CC1CCCC1=NNC(N)=O. The van der Waals surface area contributed by atoms with E-state index in [0.717, 1.165) is 25.0 Å². The van der Waals surface area contributed by atoms with Gasteiger partial charge in [-0.05, 0) is 19.3 Å². The molecule has 5 nitrogen and oxygen atoms in total. The fourth-order valence-electron chi connectivity index (χ4n) is 1.23. The summed E-state index contributed by atoms with van der Waals surface area (Å²) in [6.07, 6.45) is 2.56. The molecule has 1 aliphatic carbocycles. The van der Waals surface area contributed by atoms with Crippen LogP contribution in [-0.2, 0) is 0 Å². The molecule has 0 radical (unpaired) electrons. The maximum atomic E-state index is 10.3. The first-order chi connectivity index (χ1) is 5.74. The van der Waals surface area contributed by atoms with E-state index in [1.165, 1.54) is 0 Å². The summed E-state index contributed by atoms with van der Waals surface area (Å²) in [6, 6.07) is 1.43. The fourth-order valence-corrected chi connectivity index (χ4v) is 1.23. The lowest BCUT2D eigenvalue weighted by Crippen LogP contribution is -2.26. The zero-order valence-corrected chi connectivity index (χ0v) is 6.58. The second-order valence-corrected chi connectivity index (χ2v) is 2.65. The Bertz CT molecular complexity index is 253. The zero-order valence-electron chi connectivity index (χ0n) is 6.58. The number of nitriles is 1. The number of hydrogen-bond acceptors (Lipinski definition) is 3. The quantitative estimate of drug-likeness (QED) is 0.549. The average Bonchev–Trinajstić information content (AvgIpc) is 2.47. The second-order valence-electron chi connectivity index (χ2n) is 2.65. The highest BCUT2D eigenvalue weighted by Gasteiger charge is 2.22. The summed E-state index contributed by atoms with van der Waals surface area (Å²) in [5, 5.41) is 12.4. The highest BCUT2D eigenvalue weighted by molar-refractivity contribution is 5.91. The van der Waals surface area contributed by atoms with Crippen LogP contribution in [0.25, 0.3) is 0 Å². The van der Waals surface area contributed by atoms with Crippen LogP contribution in [0, 0.1) is 17.2 Å². The van der Waals surface area contributed by atoms with Crippen molar-refractivity contribution in [1.82, 2.24) is 5.43 Å². The minimum absolute atomic E-state index is 0.142. The number of primary amides is 1. The van der Waals surface area contributed by atoms with Gasteiger partial charge in [-0.15, -0.1) is 0 Å². The summed E-state index contributed by atoms with van der Waals surface area (Å²) < 4.78 is 0. The van der Waals surface area contributed by atoms with Gasteiger partial charge < -0.3 is 5.73 Å². The smallest absolute Gasteiger partial charge is 0.332 e. The predicted octanol–water partition coefficient (Wildman–Crippen LogP) is 0.334. The normalized spacial score (nSPS) is 25.2. The summed E-state index contributed by atoms with van der Waals surface area (Å²) in [5.41, 5.74) is 7.68. The second kappa shape index (κ2) is 3.72. The number of urea groups is 1. The van der Waals surface area contributed by atoms with Crippen LogP contribution in [0.2, 0.25) is 0 Å². The number of amides is 2. The van der Waals surface area contributed by atoms with E-state index in [4.69, 9.17) is 11.0 Å². The van der Waals surface area contributed by atoms with Crippen molar-refractivity contribution < 1.29 is 4.79 Å². The predicted molar refractivity (Wildman–Crippen MR) is 43.1 cm³/mol. The minimum Gasteiger partial charge on any atom is -0.350 e. The van der Waals surface area contributed by atoms with E-state index in [-0.39, 0.29) is 5.92 Å². The van der Waals surface area contributed by atoms with Gasteiger partial charge in [-0.25, -0.2) is 10.2 Å². The molecular formula is C7H10N4O. The lowest BCUT2D eigenvalue weighted by atomic mass is 10.1. The van der Waals surface area contributed by atoms with Gasteiger partial charge in [0.15, 0.2) is 0 Å². The van der Waals surface area contributed by atoms with E-state index in [2.05, 4.69) is 16.6 Å². The van der Waals surface area contributed by atoms with Crippen LogP contribution in [0.15, 0.2) is 5.10 Å². The first-order valence-corrected chi connectivity index (χ1v) is 3.75. The Kier molecular flexibility index (Phi) is 2.64. The third-order valence-corrected chi connectivity index (χ3v) is 1.79. The zero-order chi connectivity index (χ0) is 8.97. The molecule has 12 heavy (non-hydrogen) atoms. The molecule has 0 aromatic carbocycles. The van der Waals surface area contributed by atoms with Crippen LogP contribution in [0.5, 0.6) is 0 Å². The number of rotatable bonds is 1. The van der Waals surface area contributed by atoms with Gasteiger partial charge in [-0.2, -0.15) is 10.4 Å². The van der Waals surface area contributed by atoms with E-state index in [0.29, 0.717) is 0 Å². The van der Waals surface area contributed by atoms with Crippen LogP contribution in [0.3, 0.4) is 0 Å². The average molecular weight is 166 g/mol. The first kappa shape index (κ1) is 8.53. The molecule has 1 fully saturated rings. The Morgan fingerprint density at radius 3 is 3.17 bits per heavy atom. The Balaban J connectivity index is 2.56. The van der Waals surface area contributed by atoms with E-state index < -0.39 is 6.03 Å². The number of carbonyl (C=O) groups excluding carboxylic acids is 1. The minimum atomic E-state index is -0.689. The molecule has 1 atom stereocenters. The first-order valence-electron chi connectivity index (χ1n) is 3.75. The fraction of sp³-hybridized carbons (Fsp3) is 0.571. The van der Waals surface area contributed by atoms with Crippen molar-refractivity contribution in [2.24, 2.45) is 16.8 Å².